The number of hydrogen-bond donors (Lipinski definition) is 0. The zero-order valence-corrected chi connectivity index (χ0v) is 18.4. The maximum absolute atomic E-state index is 6.04. The number of benzene rings is 1. The van der Waals surface area contributed by atoms with Gasteiger partial charge in [-0.2, -0.15) is 0 Å². The number of rotatable bonds is 15. The number of unbranched alkanes of at least 4 members (excludes halogenated alkanes) is 7. The lowest BCUT2D eigenvalue weighted by Crippen LogP contribution is -2.00. The first-order valence-corrected chi connectivity index (χ1v) is 11.5. The van der Waals surface area contributed by atoms with E-state index in [1.807, 2.05) is 36.7 Å². The summed E-state index contributed by atoms with van der Waals surface area (Å²) >= 11 is 0. The lowest BCUT2D eigenvalue weighted by molar-refractivity contribution is 0.313. The predicted molar refractivity (Wildman–Crippen MR) is 123 cm³/mol. The number of allylic oxidation sites excluding steroid dienone is 2. The molecule has 3 heteroatoms. The normalized spacial score (nSPS) is 11.2. The Morgan fingerprint density at radius 1 is 0.793 bits per heavy atom. The minimum absolute atomic E-state index is 0.713. The molecule has 1 aromatic heterocycles. The van der Waals surface area contributed by atoms with Crippen LogP contribution in [0.1, 0.15) is 83.6 Å². The second-order valence-corrected chi connectivity index (χ2v) is 7.68. The molecule has 0 aliphatic carbocycles. The van der Waals surface area contributed by atoms with Gasteiger partial charge in [0.05, 0.1) is 12.2 Å². The Morgan fingerprint density at radius 2 is 1.48 bits per heavy atom. The van der Waals surface area contributed by atoms with E-state index in [1.54, 1.807) is 0 Å². The van der Waals surface area contributed by atoms with E-state index in [2.05, 4.69) is 36.0 Å². The summed E-state index contributed by atoms with van der Waals surface area (Å²) in [5, 5.41) is 0. The van der Waals surface area contributed by atoms with Gasteiger partial charge in [-0.3, -0.25) is 0 Å². The van der Waals surface area contributed by atoms with Crippen molar-refractivity contribution < 1.29 is 4.74 Å². The molecule has 0 radical (unpaired) electrons. The largest absolute Gasteiger partial charge is 0.493 e. The molecule has 2 rings (SSSR count). The lowest BCUT2D eigenvalue weighted by atomic mass is 10.1. The van der Waals surface area contributed by atoms with E-state index < -0.39 is 0 Å². The Labute approximate surface area is 177 Å². The van der Waals surface area contributed by atoms with Gasteiger partial charge >= 0.3 is 0 Å². The summed E-state index contributed by atoms with van der Waals surface area (Å²) in [5.41, 5.74) is 2.19. The molecule has 0 saturated carbocycles. The van der Waals surface area contributed by atoms with E-state index in [0.717, 1.165) is 36.4 Å². The quantitative estimate of drug-likeness (QED) is 0.231. The van der Waals surface area contributed by atoms with Crippen LogP contribution < -0.4 is 4.74 Å². The Balaban J connectivity index is 1.82. The maximum Gasteiger partial charge on any atom is 0.162 e. The first kappa shape index (κ1) is 23.1. The average Bonchev–Trinajstić information content (AvgIpc) is 2.76. The molecule has 2 aromatic rings. The molecule has 0 unspecified atom stereocenters. The molecular formula is C26H38N2O. The summed E-state index contributed by atoms with van der Waals surface area (Å²) in [6, 6.07) is 8.08. The Morgan fingerprint density at radius 3 is 2.24 bits per heavy atom. The molecule has 0 amide bonds. The zero-order chi connectivity index (χ0) is 20.6. The Kier molecular flexibility index (Phi) is 11.8. The third-order valence-corrected chi connectivity index (χ3v) is 5.07. The smallest absolute Gasteiger partial charge is 0.162 e. The van der Waals surface area contributed by atoms with Crippen LogP contribution in [0.25, 0.3) is 11.4 Å². The molecular weight excluding hydrogens is 356 g/mol. The van der Waals surface area contributed by atoms with Crippen molar-refractivity contribution >= 4 is 0 Å². The molecule has 0 fully saturated rings. The molecule has 1 heterocycles. The molecule has 158 valence electrons. The van der Waals surface area contributed by atoms with E-state index >= 15 is 0 Å². The third-order valence-electron chi connectivity index (χ3n) is 5.07. The summed E-state index contributed by atoms with van der Waals surface area (Å²) in [5.74, 6) is 1.62. The van der Waals surface area contributed by atoms with Gasteiger partial charge in [0.2, 0.25) is 0 Å². The van der Waals surface area contributed by atoms with Gasteiger partial charge in [0.1, 0.15) is 5.75 Å². The minimum Gasteiger partial charge on any atom is -0.493 e. The molecule has 0 bridgehead atoms. The molecule has 0 spiro atoms. The summed E-state index contributed by atoms with van der Waals surface area (Å²) in [6.07, 6.45) is 21.8. The monoisotopic (exact) mass is 394 g/mol. The van der Waals surface area contributed by atoms with E-state index in [4.69, 9.17) is 4.74 Å². The zero-order valence-electron chi connectivity index (χ0n) is 18.4. The maximum atomic E-state index is 6.04. The topological polar surface area (TPSA) is 35.0 Å². The first-order valence-electron chi connectivity index (χ1n) is 11.5. The second-order valence-electron chi connectivity index (χ2n) is 7.68. The van der Waals surface area contributed by atoms with Crippen LogP contribution in [0.5, 0.6) is 5.75 Å². The van der Waals surface area contributed by atoms with Gasteiger partial charge in [-0.05, 0) is 49.8 Å². The number of para-hydroxylation sites is 1. The fourth-order valence-corrected chi connectivity index (χ4v) is 3.27. The number of aryl methyl sites for hydroxylation is 1. The van der Waals surface area contributed by atoms with Gasteiger partial charge in [-0.1, -0.05) is 76.7 Å². The van der Waals surface area contributed by atoms with Gasteiger partial charge in [-0.25, -0.2) is 9.97 Å². The van der Waals surface area contributed by atoms with Gasteiger partial charge in [0, 0.05) is 12.4 Å². The van der Waals surface area contributed by atoms with Gasteiger partial charge in [0.15, 0.2) is 5.82 Å². The van der Waals surface area contributed by atoms with Crippen LogP contribution in [0.4, 0.5) is 0 Å². The SMILES string of the molecule is CCCCC=CCCCOc1ccccc1-c1ncc(CCCCCCC)cn1. The van der Waals surface area contributed by atoms with Crippen molar-refractivity contribution in [1.29, 1.82) is 0 Å². The Hall–Kier alpha value is -2.16. The van der Waals surface area contributed by atoms with Crippen LogP contribution in [0.3, 0.4) is 0 Å². The van der Waals surface area contributed by atoms with Crippen LogP contribution in [0.2, 0.25) is 0 Å². The van der Waals surface area contributed by atoms with Crippen molar-refractivity contribution in [3.63, 3.8) is 0 Å². The van der Waals surface area contributed by atoms with Gasteiger partial charge in [-0.15, -0.1) is 0 Å². The molecule has 0 aliphatic rings. The molecule has 0 saturated heterocycles. The van der Waals surface area contributed by atoms with E-state index in [1.165, 1.54) is 56.9 Å². The number of aromatic nitrogens is 2. The summed E-state index contributed by atoms with van der Waals surface area (Å²) in [7, 11) is 0. The van der Waals surface area contributed by atoms with Crippen molar-refractivity contribution in [2.24, 2.45) is 0 Å². The fraction of sp³-hybridized carbons (Fsp3) is 0.538. The van der Waals surface area contributed by atoms with Crippen LogP contribution >= 0.6 is 0 Å². The highest BCUT2D eigenvalue weighted by atomic mass is 16.5. The summed E-state index contributed by atoms with van der Waals surface area (Å²) in [6.45, 7) is 5.19. The van der Waals surface area contributed by atoms with Crippen molar-refractivity contribution in [3.8, 4) is 17.1 Å². The lowest BCUT2D eigenvalue weighted by Gasteiger charge is -2.10. The third kappa shape index (κ3) is 9.25. The molecule has 0 N–H and O–H groups in total. The van der Waals surface area contributed by atoms with E-state index in [9.17, 15) is 0 Å². The summed E-state index contributed by atoms with van der Waals surface area (Å²) in [4.78, 5) is 9.22. The number of hydrogen-bond acceptors (Lipinski definition) is 3. The fourth-order valence-electron chi connectivity index (χ4n) is 3.27. The molecule has 0 aliphatic heterocycles. The average molecular weight is 395 g/mol. The highest BCUT2D eigenvalue weighted by Crippen LogP contribution is 2.27. The number of ether oxygens (including phenoxy) is 1. The van der Waals surface area contributed by atoms with Gasteiger partial charge < -0.3 is 4.74 Å². The molecule has 1 aromatic carbocycles. The highest BCUT2D eigenvalue weighted by molar-refractivity contribution is 5.63. The van der Waals surface area contributed by atoms with Crippen LogP contribution in [-0.2, 0) is 6.42 Å². The van der Waals surface area contributed by atoms with Crippen molar-refractivity contribution in [2.45, 2.75) is 84.5 Å². The van der Waals surface area contributed by atoms with Crippen LogP contribution in [-0.4, -0.2) is 16.6 Å². The number of nitrogens with zero attached hydrogens (tertiary/aromatic N) is 2. The predicted octanol–water partition coefficient (Wildman–Crippen LogP) is 7.56. The molecule has 3 nitrogen and oxygen atoms in total. The highest BCUT2D eigenvalue weighted by Gasteiger charge is 2.08. The van der Waals surface area contributed by atoms with Crippen molar-refractivity contribution in [3.05, 3.63) is 54.4 Å². The van der Waals surface area contributed by atoms with Crippen LogP contribution in [0.15, 0.2) is 48.8 Å². The van der Waals surface area contributed by atoms with Gasteiger partial charge in [0.25, 0.3) is 0 Å². The first-order chi connectivity index (χ1) is 14.3. The Bertz CT molecular complexity index is 694. The standard InChI is InChI=1S/C26H38N2O/c1-3-5-7-9-10-12-16-20-29-25-19-15-14-18-24(25)26-27-21-23(22-28-26)17-13-11-8-6-4-2/h9-10,14-15,18-19,21-22H,3-8,11-13,16-17,20H2,1-2H3. The van der Waals surface area contributed by atoms with E-state index in [0.29, 0.717) is 6.61 Å². The van der Waals surface area contributed by atoms with Crippen molar-refractivity contribution in [2.75, 3.05) is 6.61 Å². The minimum atomic E-state index is 0.713. The molecule has 0 atom stereocenters. The van der Waals surface area contributed by atoms with Crippen LogP contribution in [0, 0.1) is 0 Å². The summed E-state index contributed by atoms with van der Waals surface area (Å²) < 4.78 is 6.04. The second kappa shape index (κ2) is 14.8. The molecule has 29 heavy (non-hydrogen) atoms. The van der Waals surface area contributed by atoms with Crippen molar-refractivity contribution in [1.82, 2.24) is 9.97 Å². The van der Waals surface area contributed by atoms with E-state index in [-0.39, 0.29) is 0 Å².